The molecule has 0 atom stereocenters. The van der Waals surface area contributed by atoms with Crippen LogP contribution in [0.3, 0.4) is 0 Å². The summed E-state index contributed by atoms with van der Waals surface area (Å²) in [5.41, 5.74) is 1.50. The van der Waals surface area contributed by atoms with Crippen molar-refractivity contribution in [3.05, 3.63) is 64.9 Å². The van der Waals surface area contributed by atoms with Gasteiger partial charge in [-0.1, -0.05) is 18.2 Å². The van der Waals surface area contributed by atoms with E-state index in [0.717, 1.165) is 3.97 Å². The molecule has 6 nitrogen and oxygen atoms in total. The Hall–Kier alpha value is -3.28. The minimum absolute atomic E-state index is 0.0868. The number of nitriles is 1. The van der Waals surface area contributed by atoms with E-state index < -0.39 is 15.9 Å². The van der Waals surface area contributed by atoms with Crippen LogP contribution in [0.5, 0.6) is 11.6 Å². The van der Waals surface area contributed by atoms with Gasteiger partial charge in [-0.2, -0.15) is 16.6 Å². The quantitative estimate of drug-likeness (QED) is 0.506. The van der Waals surface area contributed by atoms with Crippen LogP contribution < -0.4 is 4.74 Å². The highest BCUT2D eigenvalue weighted by atomic mass is 32.2. The first kappa shape index (κ1) is 19.1. The molecule has 8 heteroatoms. The van der Waals surface area contributed by atoms with Gasteiger partial charge in [0.2, 0.25) is 5.88 Å². The molecule has 0 aliphatic rings. The van der Waals surface area contributed by atoms with Crippen LogP contribution in [0, 0.1) is 11.3 Å². The van der Waals surface area contributed by atoms with Crippen molar-refractivity contribution in [1.82, 2.24) is 3.97 Å². The van der Waals surface area contributed by atoms with Gasteiger partial charge in [-0.3, -0.25) is 0 Å². The minimum atomic E-state index is -4.03. The van der Waals surface area contributed by atoms with E-state index in [1.54, 1.807) is 35.7 Å². The zero-order valence-electron chi connectivity index (χ0n) is 15.4. The fraction of sp³-hybridized carbons (Fsp3) is 0.0952. The Kier molecular flexibility index (Phi) is 4.78. The van der Waals surface area contributed by atoms with Crippen LogP contribution in [0.2, 0.25) is 0 Å². The number of fused-ring (bicyclic) bond motifs is 1. The molecular weight excluding hydrogens is 408 g/mol. The van der Waals surface area contributed by atoms with Gasteiger partial charge in [-0.15, -0.1) is 0 Å². The van der Waals surface area contributed by atoms with E-state index in [9.17, 15) is 18.8 Å². The van der Waals surface area contributed by atoms with Crippen LogP contribution in [-0.2, 0) is 10.0 Å². The number of hydrogen-bond donors (Lipinski definition) is 1. The number of hydrogen-bond acceptors (Lipinski definition) is 6. The molecule has 0 fully saturated rings. The summed E-state index contributed by atoms with van der Waals surface area (Å²) < 4.78 is 33.1. The largest absolute Gasteiger partial charge is 0.493 e. The number of thiophene rings is 1. The summed E-state index contributed by atoms with van der Waals surface area (Å²) in [6.45, 7) is 2.25. The van der Waals surface area contributed by atoms with Gasteiger partial charge in [-0.25, -0.2) is 12.4 Å². The van der Waals surface area contributed by atoms with E-state index in [2.05, 4.69) is 6.07 Å². The molecule has 146 valence electrons. The Labute approximate surface area is 171 Å². The van der Waals surface area contributed by atoms with E-state index in [4.69, 9.17) is 4.74 Å². The van der Waals surface area contributed by atoms with Crippen LogP contribution in [0.15, 0.2) is 64.2 Å². The maximum Gasteiger partial charge on any atom is 0.271 e. The average molecular weight is 425 g/mol. The predicted molar refractivity (Wildman–Crippen MR) is 112 cm³/mol. The van der Waals surface area contributed by atoms with Crippen molar-refractivity contribution in [2.24, 2.45) is 0 Å². The third-order valence-electron chi connectivity index (χ3n) is 4.52. The Morgan fingerprint density at radius 2 is 2.00 bits per heavy atom. The Balaban J connectivity index is 2.12. The van der Waals surface area contributed by atoms with Crippen LogP contribution in [-0.4, -0.2) is 24.1 Å². The summed E-state index contributed by atoms with van der Waals surface area (Å²) in [6.07, 6.45) is 0. The smallest absolute Gasteiger partial charge is 0.271 e. The maximum atomic E-state index is 13.3. The SMILES string of the molecule is CCOc1ccccc1-c1c(O)n(S(=O)(=O)c2ccsc2)c2ccc(C#N)cc12. The fourth-order valence-electron chi connectivity index (χ4n) is 3.29. The second-order valence-corrected chi connectivity index (χ2v) is 8.77. The monoisotopic (exact) mass is 424 g/mol. The highest BCUT2D eigenvalue weighted by Crippen LogP contribution is 2.45. The molecule has 0 aliphatic heterocycles. The summed E-state index contributed by atoms with van der Waals surface area (Å²) in [7, 11) is -4.03. The topological polar surface area (TPSA) is 92.3 Å². The second kappa shape index (κ2) is 7.28. The highest BCUT2D eigenvalue weighted by Gasteiger charge is 2.29. The lowest BCUT2D eigenvalue weighted by molar-refractivity contribution is 0.341. The summed E-state index contributed by atoms with van der Waals surface area (Å²) in [5, 5.41) is 24.1. The minimum Gasteiger partial charge on any atom is -0.493 e. The summed E-state index contributed by atoms with van der Waals surface area (Å²) in [5.74, 6) is 0.0908. The molecule has 4 aromatic rings. The Morgan fingerprint density at radius 1 is 1.21 bits per heavy atom. The summed E-state index contributed by atoms with van der Waals surface area (Å²) in [4.78, 5) is 0.0868. The molecule has 0 amide bonds. The van der Waals surface area contributed by atoms with Crippen molar-refractivity contribution in [3.63, 3.8) is 0 Å². The highest BCUT2D eigenvalue weighted by molar-refractivity contribution is 7.90. The zero-order valence-corrected chi connectivity index (χ0v) is 17.0. The van der Waals surface area contributed by atoms with Crippen molar-refractivity contribution >= 4 is 32.3 Å². The number of benzene rings is 2. The molecule has 0 aliphatic carbocycles. The third-order valence-corrected chi connectivity index (χ3v) is 7.05. The van der Waals surface area contributed by atoms with Crippen molar-refractivity contribution in [3.8, 4) is 28.8 Å². The van der Waals surface area contributed by atoms with E-state index in [-0.39, 0.29) is 10.4 Å². The molecule has 4 rings (SSSR count). The normalized spacial score (nSPS) is 11.4. The van der Waals surface area contributed by atoms with Crippen LogP contribution in [0.25, 0.3) is 22.0 Å². The molecule has 0 saturated heterocycles. The Morgan fingerprint density at radius 3 is 2.69 bits per heavy atom. The van der Waals surface area contributed by atoms with E-state index >= 15 is 0 Å². The van der Waals surface area contributed by atoms with Gasteiger partial charge in [-0.05, 0) is 42.6 Å². The predicted octanol–water partition coefficient (Wildman–Crippen LogP) is 4.58. The lowest BCUT2D eigenvalue weighted by atomic mass is 10.0. The van der Waals surface area contributed by atoms with Gasteiger partial charge in [0, 0.05) is 16.3 Å². The lowest BCUT2D eigenvalue weighted by Crippen LogP contribution is -2.11. The van der Waals surface area contributed by atoms with Gasteiger partial charge in [0.1, 0.15) is 5.75 Å². The first-order chi connectivity index (χ1) is 14.0. The van der Waals surface area contributed by atoms with E-state index in [1.807, 2.05) is 6.92 Å². The Bertz CT molecular complexity index is 1350. The number of nitrogens with zero attached hydrogens (tertiary/aromatic N) is 2. The number of ether oxygens (including phenoxy) is 1. The molecule has 0 spiro atoms. The van der Waals surface area contributed by atoms with Gasteiger partial charge < -0.3 is 9.84 Å². The third kappa shape index (κ3) is 3.05. The fourth-order valence-corrected chi connectivity index (χ4v) is 5.73. The van der Waals surface area contributed by atoms with E-state index in [0.29, 0.717) is 34.4 Å². The van der Waals surface area contributed by atoms with Crippen molar-refractivity contribution in [2.75, 3.05) is 6.61 Å². The van der Waals surface area contributed by atoms with Crippen molar-refractivity contribution in [1.29, 1.82) is 5.26 Å². The first-order valence-corrected chi connectivity index (χ1v) is 11.1. The van der Waals surface area contributed by atoms with E-state index in [1.165, 1.54) is 34.9 Å². The van der Waals surface area contributed by atoms with Gasteiger partial charge in [0.15, 0.2) is 0 Å². The zero-order chi connectivity index (χ0) is 20.6. The standard InChI is InChI=1S/C21H16N2O4S2/c1-2-27-19-6-4-3-5-16(19)20-17-11-14(12-22)7-8-18(17)23(21(20)24)29(25,26)15-9-10-28-13-15/h3-11,13,24H,2H2,1H3. The average Bonchev–Trinajstić information content (AvgIpc) is 3.35. The molecule has 2 aromatic heterocycles. The number of rotatable bonds is 5. The second-order valence-electron chi connectivity index (χ2n) is 6.20. The molecule has 2 aromatic carbocycles. The number of para-hydroxylation sites is 1. The number of aromatic nitrogens is 1. The summed E-state index contributed by atoms with van der Waals surface area (Å²) in [6, 6.07) is 15.3. The van der Waals surface area contributed by atoms with Crippen molar-refractivity contribution in [2.45, 2.75) is 11.8 Å². The molecule has 0 saturated carbocycles. The number of aromatic hydroxyl groups is 1. The molecule has 0 unspecified atom stereocenters. The molecule has 29 heavy (non-hydrogen) atoms. The molecule has 0 bridgehead atoms. The maximum absolute atomic E-state index is 13.3. The molecule has 0 radical (unpaired) electrons. The van der Waals surface area contributed by atoms with Gasteiger partial charge in [0.25, 0.3) is 10.0 Å². The van der Waals surface area contributed by atoms with Crippen LogP contribution >= 0.6 is 11.3 Å². The summed E-state index contributed by atoms with van der Waals surface area (Å²) >= 11 is 1.25. The van der Waals surface area contributed by atoms with Gasteiger partial charge in [0.05, 0.1) is 34.2 Å². The molecule has 1 N–H and O–H groups in total. The lowest BCUT2D eigenvalue weighted by Gasteiger charge is -2.10. The first-order valence-electron chi connectivity index (χ1n) is 8.76. The van der Waals surface area contributed by atoms with Crippen LogP contribution in [0.4, 0.5) is 0 Å². The van der Waals surface area contributed by atoms with Crippen molar-refractivity contribution < 1.29 is 18.3 Å². The molecule has 2 heterocycles. The van der Waals surface area contributed by atoms with Crippen LogP contribution in [0.1, 0.15) is 12.5 Å². The van der Waals surface area contributed by atoms with Gasteiger partial charge >= 0.3 is 0 Å². The molecular formula is C21H16N2O4S2.